The molecule has 1 N–H and O–H groups in total. The van der Waals surface area contributed by atoms with Crippen LogP contribution in [0.25, 0.3) is 0 Å². The molecule has 0 spiro atoms. The highest BCUT2D eigenvalue weighted by Crippen LogP contribution is 2.25. The molecule has 1 aliphatic heterocycles. The lowest BCUT2D eigenvalue weighted by Crippen LogP contribution is -2.29. The van der Waals surface area contributed by atoms with Gasteiger partial charge in [-0.1, -0.05) is 12.8 Å². The van der Waals surface area contributed by atoms with Gasteiger partial charge < -0.3 is 14.7 Å². The summed E-state index contributed by atoms with van der Waals surface area (Å²) in [6.07, 6.45) is 5.10. The number of aliphatic carboxylic acids is 1. The SMILES string of the molecule is C#CCOc1ccc(C(=O)N2C[C@@H](C)[C@H](C(=O)O)C2)cc1. The molecule has 0 bridgehead atoms. The molecule has 1 saturated heterocycles. The molecule has 0 saturated carbocycles. The lowest BCUT2D eigenvalue weighted by molar-refractivity contribution is -0.142. The molecule has 0 aromatic heterocycles. The second-order valence-electron chi connectivity index (χ2n) is 5.15. The lowest BCUT2D eigenvalue weighted by Gasteiger charge is -2.16. The van der Waals surface area contributed by atoms with Crippen LogP contribution in [0.15, 0.2) is 24.3 Å². The van der Waals surface area contributed by atoms with Crippen molar-refractivity contribution >= 4 is 11.9 Å². The number of carboxylic acid groups (broad SMARTS) is 1. The van der Waals surface area contributed by atoms with E-state index in [2.05, 4.69) is 5.92 Å². The summed E-state index contributed by atoms with van der Waals surface area (Å²) in [5.41, 5.74) is 0.515. The number of ether oxygens (including phenoxy) is 1. The Bertz CT molecular complexity index is 573. The summed E-state index contributed by atoms with van der Waals surface area (Å²) in [4.78, 5) is 25.0. The smallest absolute Gasteiger partial charge is 0.308 e. The van der Waals surface area contributed by atoms with E-state index in [1.54, 1.807) is 29.2 Å². The van der Waals surface area contributed by atoms with Crippen molar-refractivity contribution in [2.75, 3.05) is 19.7 Å². The first-order valence-electron chi connectivity index (χ1n) is 6.71. The van der Waals surface area contributed by atoms with Crippen molar-refractivity contribution in [2.45, 2.75) is 6.92 Å². The van der Waals surface area contributed by atoms with Gasteiger partial charge in [-0.25, -0.2) is 0 Å². The first-order valence-corrected chi connectivity index (χ1v) is 6.71. The molecule has 1 fully saturated rings. The molecule has 21 heavy (non-hydrogen) atoms. The number of amides is 1. The summed E-state index contributed by atoms with van der Waals surface area (Å²) in [7, 11) is 0. The van der Waals surface area contributed by atoms with Crippen LogP contribution in [0.1, 0.15) is 17.3 Å². The van der Waals surface area contributed by atoms with Crippen molar-refractivity contribution < 1.29 is 19.4 Å². The van der Waals surface area contributed by atoms with Gasteiger partial charge in [0.1, 0.15) is 12.4 Å². The molecule has 2 rings (SSSR count). The van der Waals surface area contributed by atoms with Crippen molar-refractivity contribution in [3.63, 3.8) is 0 Å². The summed E-state index contributed by atoms with van der Waals surface area (Å²) in [6, 6.07) is 6.68. The van der Waals surface area contributed by atoms with Crippen LogP contribution in [0.5, 0.6) is 5.75 Å². The number of carboxylic acids is 1. The molecule has 5 heteroatoms. The minimum Gasteiger partial charge on any atom is -0.481 e. The van der Waals surface area contributed by atoms with Gasteiger partial charge in [-0.2, -0.15) is 0 Å². The predicted molar refractivity (Wildman–Crippen MR) is 77.0 cm³/mol. The second-order valence-corrected chi connectivity index (χ2v) is 5.15. The molecule has 0 unspecified atom stereocenters. The maximum absolute atomic E-state index is 12.3. The third-order valence-electron chi connectivity index (χ3n) is 3.64. The average molecular weight is 287 g/mol. The maximum atomic E-state index is 12.3. The quantitative estimate of drug-likeness (QED) is 0.852. The standard InChI is InChI=1S/C16H17NO4/c1-3-8-21-13-6-4-12(5-7-13)15(18)17-9-11(2)14(10-17)16(19)20/h1,4-7,11,14H,8-10H2,2H3,(H,19,20)/t11-,14-/m1/s1. The number of likely N-dealkylation sites (tertiary alicyclic amines) is 1. The van der Waals surface area contributed by atoms with E-state index < -0.39 is 11.9 Å². The Balaban J connectivity index is 2.04. The van der Waals surface area contributed by atoms with Crippen LogP contribution >= 0.6 is 0 Å². The zero-order chi connectivity index (χ0) is 15.4. The van der Waals surface area contributed by atoms with E-state index in [1.165, 1.54) is 0 Å². The van der Waals surface area contributed by atoms with Gasteiger partial charge in [-0.3, -0.25) is 9.59 Å². The summed E-state index contributed by atoms with van der Waals surface area (Å²) < 4.78 is 5.24. The van der Waals surface area contributed by atoms with E-state index in [0.29, 0.717) is 17.9 Å². The van der Waals surface area contributed by atoms with Crippen LogP contribution in [0, 0.1) is 24.2 Å². The minimum atomic E-state index is -0.851. The summed E-state index contributed by atoms with van der Waals surface area (Å²) in [5, 5.41) is 9.10. The number of benzene rings is 1. The van der Waals surface area contributed by atoms with Crippen molar-refractivity contribution in [3.05, 3.63) is 29.8 Å². The van der Waals surface area contributed by atoms with Crippen molar-refractivity contribution in [1.82, 2.24) is 4.90 Å². The van der Waals surface area contributed by atoms with Gasteiger partial charge in [0.05, 0.1) is 5.92 Å². The monoisotopic (exact) mass is 287 g/mol. The first-order chi connectivity index (χ1) is 10.0. The predicted octanol–water partition coefficient (Wildman–Crippen LogP) is 1.49. The number of rotatable bonds is 4. The Hall–Kier alpha value is -2.48. The zero-order valence-electron chi connectivity index (χ0n) is 11.8. The first kappa shape index (κ1) is 14.9. The molecule has 1 amide bonds. The summed E-state index contributed by atoms with van der Waals surface area (Å²) in [6.45, 7) is 2.75. The van der Waals surface area contributed by atoms with Gasteiger partial charge in [0.15, 0.2) is 0 Å². The molecule has 1 heterocycles. The van der Waals surface area contributed by atoms with E-state index in [9.17, 15) is 9.59 Å². The Morgan fingerprint density at radius 3 is 2.57 bits per heavy atom. The maximum Gasteiger partial charge on any atom is 0.308 e. The Kier molecular flexibility index (Phi) is 4.49. The van der Waals surface area contributed by atoms with Gasteiger partial charge in [0.2, 0.25) is 0 Å². The van der Waals surface area contributed by atoms with E-state index in [-0.39, 0.29) is 25.0 Å². The third kappa shape index (κ3) is 3.34. The number of nitrogens with zero attached hydrogens (tertiary/aromatic N) is 1. The molecular formula is C16H17NO4. The number of terminal acetylenes is 1. The fourth-order valence-corrected chi connectivity index (χ4v) is 2.46. The van der Waals surface area contributed by atoms with Gasteiger partial charge in [0.25, 0.3) is 5.91 Å². The van der Waals surface area contributed by atoms with Crippen LogP contribution in [-0.4, -0.2) is 41.6 Å². The summed E-state index contributed by atoms with van der Waals surface area (Å²) in [5.74, 6) is 1.43. The number of hydrogen-bond donors (Lipinski definition) is 1. The number of carbonyl (C=O) groups excluding carboxylic acids is 1. The Morgan fingerprint density at radius 1 is 1.38 bits per heavy atom. The van der Waals surface area contributed by atoms with E-state index in [1.807, 2.05) is 6.92 Å². The fraction of sp³-hybridized carbons (Fsp3) is 0.375. The topological polar surface area (TPSA) is 66.8 Å². The minimum absolute atomic E-state index is 0.0373. The highest BCUT2D eigenvalue weighted by molar-refractivity contribution is 5.95. The molecule has 5 nitrogen and oxygen atoms in total. The van der Waals surface area contributed by atoms with Crippen LogP contribution in [0.4, 0.5) is 0 Å². The molecule has 1 aromatic carbocycles. The van der Waals surface area contributed by atoms with Crippen LogP contribution < -0.4 is 4.74 Å². The highest BCUT2D eigenvalue weighted by atomic mass is 16.5. The van der Waals surface area contributed by atoms with Gasteiger partial charge in [0, 0.05) is 18.7 Å². The zero-order valence-corrected chi connectivity index (χ0v) is 11.8. The van der Waals surface area contributed by atoms with Crippen molar-refractivity contribution in [1.29, 1.82) is 0 Å². The molecule has 110 valence electrons. The molecule has 1 aliphatic rings. The second kappa shape index (κ2) is 6.31. The van der Waals surface area contributed by atoms with Crippen LogP contribution in [0.2, 0.25) is 0 Å². The fourth-order valence-electron chi connectivity index (χ4n) is 2.46. The molecule has 1 aromatic rings. The van der Waals surface area contributed by atoms with E-state index >= 15 is 0 Å². The van der Waals surface area contributed by atoms with Crippen molar-refractivity contribution in [2.24, 2.45) is 11.8 Å². The van der Waals surface area contributed by atoms with Gasteiger partial charge in [-0.15, -0.1) is 6.42 Å². The van der Waals surface area contributed by atoms with Crippen molar-refractivity contribution in [3.8, 4) is 18.1 Å². The molecule has 0 aliphatic carbocycles. The third-order valence-corrected chi connectivity index (χ3v) is 3.64. The summed E-state index contributed by atoms with van der Waals surface area (Å²) >= 11 is 0. The lowest BCUT2D eigenvalue weighted by atomic mass is 9.99. The van der Waals surface area contributed by atoms with Crippen LogP contribution in [0.3, 0.4) is 0 Å². The highest BCUT2D eigenvalue weighted by Gasteiger charge is 2.37. The molecule has 2 atom stereocenters. The molecular weight excluding hydrogens is 270 g/mol. The van der Waals surface area contributed by atoms with Gasteiger partial charge in [-0.05, 0) is 30.2 Å². The van der Waals surface area contributed by atoms with Crippen LogP contribution in [-0.2, 0) is 4.79 Å². The largest absolute Gasteiger partial charge is 0.481 e. The Labute approximate surface area is 123 Å². The van der Waals surface area contributed by atoms with E-state index in [4.69, 9.17) is 16.3 Å². The molecule has 0 radical (unpaired) electrons. The normalized spacial score (nSPS) is 20.9. The number of hydrogen-bond acceptors (Lipinski definition) is 3. The van der Waals surface area contributed by atoms with Gasteiger partial charge >= 0.3 is 5.97 Å². The average Bonchev–Trinajstić information content (AvgIpc) is 2.87. The number of carbonyl (C=O) groups is 2. The Morgan fingerprint density at radius 2 is 2.05 bits per heavy atom. The van der Waals surface area contributed by atoms with E-state index in [0.717, 1.165) is 0 Å².